The molecule has 1 unspecified atom stereocenters. The van der Waals surface area contributed by atoms with Crippen LogP contribution >= 0.6 is 11.9 Å². The second kappa shape index (κ2) is 6.44. The van der Waals surface area contributed by atoms with E-state index in [1.54, 1.807) is 12.1 Å². The third kappa shape index (κ3) is 4.18. The summed E-state index contributed by atoms with van der Waals surface area (Å²) in [6.45, 7) is 1.84. The maximum atomic E-state index is 13.4. The molecular weight excluding hydrogens is 299 g/mol. The second-order valence-electron chi connectivity index (χ2n) is 4.57. The van der Waals surface area contributed by atoms with Crippen molar-refractivity contribution in [2.45, 2.75) is 24.0 Å². The number of hydrogen-bond acceptors (Lipinski definition) is 4. The lowest BCUT2D eigenvalue weighted by atomic mass is 10.1. The molecule has 0 saturated carbocycles. The molecule has 7 heteroatoms. The molecule has 1 aromatic heterocycles. The van der Waals surface area contributed by atoms with Gasteiger partial charge in [-0.15, -0.1) is 0 Å². The molecule has 0 fully saturated rings. The van der Waals surface area contributed by atoms with Crippen LogP contribution in [-0.4, -0.2) is 27.5 Å². The summed E-state index contributed by atoms with van der Waals surface area (Å²) in [5.74, 6) is 0. The molecule has 0 saturated heterocycles. The first-order chi connectivity index (χ1) is 9.88. The molecule has 0 N–H and O–H groups in total. The molecule has 112 valence electrons. The monoisotopic (exact) mass is 313 g/mol. The minimum Gasteiger partial charge on any atom is -0.244 e. The van der Waals surface area contributed by atoms with Gasteiger partial charge in [-0.25, -0.2) is 14.3 Å². The van der Waals surface area contributed by atoms with Crippen molar-refractivity contribution in [2.75, 3.05) is 7.05 Å². The molecule has 2 rings (SSSR count). The standard InChI is InChI=1S/C14H14F3N3S/c1-10-3-5-11(6-4-10)13(14(15,16)17)20(2)21-12-7-18-9-19-8-12/h3-9,13H,1-2H3. The van der Waals surface area contributed by atoms with Crippen LogP contribution in [0.4, 0.5) is 13.2 Å². The number of aryl methyl sites for hydroxylation is 1. The quantitative estimate of drug-likeness (QED) is 0.797. The van der Waals surface area contributed by atoms with Crippen LogP contribution < -0.4 is 0 Å². The van der Waals surface area contributed by atoms with Gasteiger partial charge in [-0.05, 0) is 31.5 Å². The average Bonchev–Trinajstić information content (AvgIpc) is 2.41. The molecule has 0 amide bonds. The Morgan fingerprint density at radius 2 is 1.67 bits per heavy atom. The van der Waals surface area contributed by atoms with Gasteiger partial charge in [0.05, 0.1) is 4.90 Å². The maximum absolute atomic E-state index is 13.4. The van der Waals surface area contributed by atoms with E-state index in [1.807, 2.05) is 6.92 Å². The van der Waals surface area contributed by atoms with E-state index in [0.29, 0.717) is 4.90 Å². The molecule has 0 aliphatic rings. The summed E-state index contributed by atoms with van der Waals surface area (Å²) in [6.07, 6.45) is -0.0641. The van der Waals surface area contributed by atoms with Crippen LogP contribution in [-0.2, 0) is 0 Å². The van der Waals surface area contributed by atoms with Crippen molar-refractivity contribution in [3.05, 3.63) is 54.1 Å². The SMILES string of the molecule is Cc1ccc(C(N(C)Sc2cncnc2)C(F)(F)F)cc1. The van der Waals surface area contributed by atoms with Crippen molar-refractivity contribution in [1.82, 2.24) is 14.3 Å². The summed E-state index contributed by atoms with van der Waals surface area (Å²) in [5.41, 5.74) is 1.13. The molecule has 21 heavy (non-hydrogen) atoms. The highest BCUT2D eigenvalue weighted by Gasteiger charge is 2.44. The summed E-state index contributed by atoms with van der Waals surface area (Å²) < 4.78 is 41.3. The molecule has 1 aromatic carbocycles. The third-order valence-electron chi connectivity index (χ3n) is 2.85. The Labute approximate surface area is 125 Å². The fourth-order valence-electron chi connectivity index (χ4n) is 1.91. The van der Waals surface area contributed by atoms with E-state index in [0.717, 1.165) is 17.5 Å². The van der Waals surface area contributed by atoms with Gasteiger partial charge in [0.1, 0.15) is 12.4 Å². The van der Waals surface area contributed by atoms with Gasteiger partial charge in [-0.2, -0.15) is 13.2 Å². The zero-order valence-corrected chi connectivity index (χ0v) is 12.3. The fraction of sp³-hybridized carbons (Fsp3) is 0.286. The number of nitrogens with zero attached hydrogens (tertiary/aromatic N) is 3. The van der Waals surface area contributed by atoms with Crippen molar-refractivity contribution in [1.29, 1.82) is 0 Å². The Morgan fingerprint density at radius 3 is 2.19 bits per heavy atom. The first-order valence-electron chi connectivity index (χ1n) is 6.17. The normalized spacial score (nSPS) is 13.4. The highest BCUT2D eigenvalue weighted by Crippen LogP contribution is 2.41. The van der Waals surface area contributed by atoms with Crippen molar-refractivity contribution in [2.24, 2.45) is 0 Å². The Bertz CT molecular complexity index is 572. The van der Waals surface area contributed by atoms with Crippen LogP contribution in [0.2, 0.25) is 0 Å². The Kier molecular flexibility index (Phi) is 4.84. The lowest BCUT2D eigenvalue weighted by Crippen LogP contribution is -2.31. The summed E-state index contributed by atoms with van der Waals surface area (Å²) in [6, 6.07) is 4.68. The zero-order valence-electron chi connectivity index (χ0n) is 11.5. The van der Waals surface area contributed by atoms with E-state index in [2.05, 4.69) is 9.97 Å². The summed E-state index contributed by atoms with van der Waals surface area (Å²) in [5, 5.41) is 0. The molecular formula is C14H14F3N3S. The predicted octanol–water partition coefficient (Wildman–Crippen LogP) is 4.03. The smallest absolute Gasteiger partial charge is 0.244 e. The van der Waals surface area contributed by atoms with Crippen molar-refractivity contribution < 1.29 is 13.2 Å². The number of alkyl halides is 3. The molecule has 2 aromatic rings. The molecule has 0 spiro atoms. The van der Waals surface area contributed by atoms with Crippen molar-refractivity contribution >= 4 is 11.9 Å². The first-order valence-corrected chi connectivity index (χ1v) is 6.94. The van der Waals surface area contributed by atoms with Crippen molar-refractivity contribution in [3.8, 4) is 0 Å². The molecule has 3 nitrogen and oxygen atoms in total. The molecule has 1 atom stereocenters. The number of rotatable bonds is 4. The van der Waals surface area contributed by atoms with Crippen LogP contribution in [0, 0.1) is 6.92 Å². The van der Waals surface area contributed by atoms with E-state index in [9.17, 15) is 13.2 Å². The van der Waals surface area contributed by atoms with Gasteiger partial charge in [0.15, 0.2) is 0 Å². The maximum Gasteiger partial charge on any atom is 0.408 e. The van der Waals surface area contributed by atoms with Gasteiger partial charge in [0.2, 0.25) is 0 Å². The minimum absolute atomic E-state index is 0.208. The van der Waals surface area contributed by atoms with Gasteiger partial charge in [0, 0.05) is 12.4 Å². The van der Waals surface area contributed by atoms with E-state index in [1.165, 1.54) is 42.2 Å². The molecule has 1 heterocycles. The number of benzene rings is 1. The summed E-state index contributed by atoms with van der Waals surface area (Å²) >= 11 is 0.966. The van der Waals surface area contributed by atoms with Gasteiger partial charge < -0.3 is 0 Å². The van der Waals surface area contributed by atoms with E-state index >= 15 is 0 Å². The van der Waals surface area contributed by atoms with Crippen LogP contribution in [0.3, 0.4) is 0 Å². The van der Waals surface area contributed by atoms with E-state index in [4.69, 9.17) is 0 Å². The summed E-state index contributed by atoms with van der Waals surface area (Å²) in [4.78, 5) is 8.16. The lowest BCUT2D eigenvalue weighted by Gasteiger charge is -2.29. The lowest BCUT2D eigenvalue weighted by molar-refractivity contribution is -0.169. The second-order valence-corrected chi connectivity index (χ2v) is 5.80. The molecule has 0 bridgehead atoms. The van der Waals surface area contributed by atoms with Gasteiger partial charge >= 0.3 is 6.18 Å². The largest absolute Gasteiger partial charge is 0.408 e. The highest BCUT2D eigenvalue weighted by atomic mass is 32.2. The highest BCUT2D eigenvalue weighted by molar-refractivity contribution is 7.97. The summed E-state index contributed by atoms with van der Waals surface area (Å²) in [7, 11) is 1.41. The van der Waals surface area contributed by atoms with Gasteiger partial charge in [0.25, 0.3) is 0 Å². The number of aromatic nitrogens is 2. The zero-order chi connectivity index (χ0) is 15.5. The first kappa shape index (κ1) is 15.8. The van der Waals surface area contributed by atoms with Gasteiger partial charge in [-0.3, -0.25) is 0 Å². The Balaban J connectivity index is 2.26. The van der Waals surface area contributed by atoms with Crippen LogP contribution in [0.5, 0.6) is 0 Å². The predicted molar refractivity (Wildman–Crippen MR) is 75.6 cm³/mol. The Morgan fingerprint density at radius 1 is 1.10 bits per heavy atom. The minimum atomic E-state index is -4.37. The number of hydrogen-bond donors (Lipinski definition) is 0. The van der Waals surface area contributed by atoms with Crippen LogP contribution in [0.15, 0.2) is 47.9 Å². The molecule has 0 aliphatic carbocycles. The fourth-order valence-corrected chi connectivity index (χ4v) is 2.80. The van der Waals surface area contributed by atoms with Crippen LogP contribution in [0.25, 0.3) is 0 Å². The Hall–Kier alpha value is -1.60. The molecule has 0 radical (unpaired) electrons. The van der Waals surface area contributed by atoms with Crippen molar-refractivity contribution in [3.63, 3.8) is 0 Å². The number of halogens is 3. The van der Waals surface area contributed by atoms with Gasteiger partial charge in [-0.1, -0.05) is 29.8 Å². The molecule has 0 aliphatic heterocycles. The average molecular weight is 313 g/mol. The van der Waals surface area contributed by atoms with E-state index < -0.39 is 12.2 Å². The topological polar surface area (TPSA) is 29.0 Å². The van der Waals surface area contributed by atoms with E-state index in [-0.39, 0.29) is 5.56 Å². The van der Waals surface area contributed by atoms with Crippen LogP contribution in [0.1, 0.15) is 17.2 Å². The third-order valence-corrected chi connectivity index (χ3v) is 3.77.